The fraction of sp³-hybridized carbons (Fsp3) is 0.667. The van der Waals surface area contributed by atoms with Gasteiger partial charge in [0.1, 0.15) is 10.3 Å². The van der Waals surface area contributed by atoms with Gasteiger partial charge >= 0.3 is 0 Å². The van der Waals surface area contributed by atoms with Gasteiger partial charge in [-0.15, -0.1) is 0 Å². The fourth-order valence-corrected chi connectivity index (χ4v) is 2.59. The van der Waals surface area contributed by atoms with Crippen LogP contribution in [0.1, 0.15) is 27.2 Å². The van der Waals surface area contributed by atoms with Crippen LogP contribution in [-0.4, -0.2) is 28.7 Å². The molecule has 18 heavy (non-hydrogen) atoms. The van der Waals surface area contributed by atoms with Crippen molar-refractivity contribution in [3.8, 4) is 0 Å². The molecule has 1 aromatic heterocycles. The number of hydrogen-bond donors (Lipinski definition) is 2. The third-order valence-corrected chi connectivity index (χ3v) is 4.39. The molecule has 2 N–H and O–H groups in total. The third kappa shape index (κ3) is 2.31. The van der Waals surface area contributed by atoms with Crippen LogP contribution in [0, 0.1) is 5.41 Å². The fourth-order valence-electron chi connectivity index (χ4n) is 2.26. The van der Waals surface area contributed by atoms with Gasteiger partial charge in [-0.1, -0.05) is 13.8 Å². The summed E-state index contributed by atoms with van der Waals surface area (Å²) in [6.45, 7) is 7.06. The Morgan fingerprint density at radius 2 is 2.39 bits per heavy atom. The average molecular weight is 316 g/mol. The van der Waals surface area contributed by atoms with Crippen LogP contribution in [0.15, 0.2) is 15.6 Å². The molecule has 5 nitrogen and oxygen atoms in total. The summed E-state index contributed by atoms with van der Waals surface area (Å²) in [7, 11) is 0. The molecule has 1 saturated carbocycles. The highest BCUT2D eigenvalue weighted by atomic mass is 79.9. The van der Waals surface area contributed by atoms with Gasteiger partial charge < -0.3 is 15.0 Å². The highest BCUT2D eigenvalue weighted by molar-refractivity contribution is 9.10. The van der Waals surface area contributed by atoms with E-state index in [4.69, 9.17) is 4.74 Å². The van der Waals surface area contributed by atoms with Crippen molar-refractivity contribution in [1.29, 1.82) is 0 Å². The zero-order valence-corrected chi connectivity index (χ0v) is 12.4. The lowest BCUT2D eigenvalue weighted by Gasteiger charge is -2.51. The molecule has 0 amide bonds. The van der Waals surface area contributed by atoms with E-state index in [1.165, 1.54) is 6.33 Å². The van der Waals surface area contributed by atoms with Crippen molar-refractivity contribution in [1.82, 2.24) is 9.97 Å². The van der Waals surface area contributed by atoms with Crippen LogP contribution in [0.4, 0.5) is 5.82 Å². The van der Waals surface area contributed by atoms with Crippen molar-refractivity contribution in [2.24, 2.45) is 5.41 Å². The third-order valence-electron chi connectivity index (χ3n) is 3.65. The van der Waals surface area contributed by atoms with Crippen molar-refractivity contribution < 1.29 is 4.74 Å². The summed E-state index contributed by atoms with van der Waals surface area (Å²) in [6.07, 6.45) is 2.60. The first kappa shape index (κ1) is 13.5. The van der Waals surface area contributed by atoms with E-state index in [0.717, 1.165) is 13.0 Å². The summed E-state index contributed by atoms with van der Waals surface area (Å²) in [5.74, 6) is 0.590. The monoisotopic (exact) mass is 315 g/mol. The van der Waals surface area contributed by atoms with E-state index in [1.54, 1.807) is 0 Å². The molecule has 1 fully saturated rings. The summed E-state index contributed by atoms with van der Waals surface area (Å²) < 4.78 is 6.12. The van der Waals surface area contributed by atoms with Crippen LogP contribution in [0.2, 0.25) is 0 Å². The van der Waals surface area contributed by atoms with Crippen LogP contribution in [0.3, 0.4) is 0 Å². The summed E-state index contributed by atoms with van der Waals surface area (Å²) in [5.41, 5.74) is -0.134. The molecule has 1 heterocycles. The predicted molar refractivity (Wildman–Crippen MR) is 73.8 cm³/mol. The zero-order chi connectivity index (χ0) is 13.3. The van der Waals surface area contributed by atoms with E-state index in [9.17, 15) is 4.79 Å². The van der Waals surface area contributed by atoms with Crippen LogP contribution in [0.25, 0.3) is 0 Å². The number of nitrogens with one attached hydrogen (secondary N) is 2. The molecule has 0 bridgehead atoms. The van der Waals surface area contributed by atoms with Gasteiger partial charge in [-0.2, -0.15) is 0 Å². The SMILES string of the molecule is CCOC1CC(Nc2nc[nH]c(=O)c2Br)C1(C)C. The van der Waals surface area contributed by atoms with E-state index in [2.05, 4.69) is 45.1 Å². The minimum atomic E-state index is -0.175. The first-order chi connectivity index (χ1) is 8.46. The first-order valence-electron chi connectivity index (χ1n) is 6.08. The highest BCUT2D eigenvalue weighted by Gasteiger charge is 2.49. The molecule has 2 atom stereocenters. The number of aromatic nitrogens is 2. The molecule has 2 rings (SSSR count). The van der Waals surface area contributed by atoms with Gasteiger partial charge in [0.25, 0.3) is 5.56 Å². The Balaban J connectivity index is 2.08. The Kier molecular flexibility index (Phi) is 3.77. The van der Waals surface area contributed by atoms with Gasteiger partial charge in [0.05, 0.1) is 12.4 Å². The lowest BCUT2D eigenvalue weighted by Crippen LogP contribution is -2.58. The van der Waals surface area contributed by atoms with Crippen LogP contribution in [-0.2, 0) is 4.74 Å². The van der Waals surface area contributed by atoms with E-state index >= 15 is 0 Å². The number of nitrogens with zero attached hydrogens (tertiary/aromatic N) is 1. The highest BCUT2D eigenvalue weighted by Crippen LogP contribution is 2.44. The smallest absolute Gasteiger partial charge is 0.267 e. The Morgan fingerprint density at radius 3 is 3.00 bits per heavy atom. The van der Waals surface area contributed by atoms with E-state index in [1.807, 2.05) is 6.92 Å². The first-order valence-corrected chi connectivity index (χ1v) is 6.87. The molecule has 100 valence electrons. The maximum atomic E-state index is 11.4. The molecule has 0 aromatic carbocycles. The van der Waals surface area contributed by atoms with Crippen LogP contribution in [0.5, 0.6) is 0 Å². The van der Waals surface area contributed by atoms with E-state index in [-0.39, 0.29) is 23.1 Å². The van der Waals surface area contributed by atoms with Crippen LogP contribution < -0.4 is 10.9 Å². The molecule has 1 aliphatic rings. The molecule has 1 aromatic rings. The number of halogens is 1. The number of rotatable bonds is 4. The normalized spacial score (nSPS) is 25.6. The quantitative estimate of drug-likeness (QED) is 0.893. The van der Waals surface area contributed by atoms with Gasteiger partial charge in [0, 0.05) is 18.1 Å². The van der Waals surface area contributed by atoms with Gasteiger partial charge in [0.15, 0.2) is 0 Å². The molecule has 0 radical (unpaired) electrons. The van der Waals surface area contributed by atoms with Crippen molar-refractivity contribution >= 4 is 21.7 Å². The number of aromatic amines is 1. The van der Waals surface area contributed by atoms with E-state index in [0.29, 0.717) is 10.3 Å². The number of H-pyrrole nitrogens is 1. The molecule has 0 spiro atoms. The summed E-state index contributed by atoms with van der Waals surface area (Å²) in [4.78, 5) is 18.1. The van der Waals surface area contributed by atoms with Crippen molar-refractivity contribution in [3.05, 3.63) is 21.2 Å². The van der Waals surface area contributed by atoms with Crippen LogP contribution >= 0.6 is 15.9 Å². The molecule has 2 unspecified atom stereocenters. The lowest BCUT2D eigenvalue weighted by atomic mass is 9.64. The molecule has 0 aliphatic heterocycles. The van der Waals surface area contributed by atoms with E-state index < -0.39 is 0 Å². The minimum absolute atomic E-state index is 0.0414. The summed E-state index contributed by atoms with van der Waals surface area (Å²) in [5, 5.41) is 3.31. The second-order valence-electron chi connectivity index (χ2n) is 5.09. The summed E-state index contributed by atoms with van der Waals surface area (Å²) in [6, 6.07) is 0.264. The second-order valence-corrected chi connectivity index (χ2v) is 5.89. The molecular weight excluding hydrogens is 298 g/mol. The molecule has 0 saturated heterocycles. The second kappa shape index (κ2) is 5.01. The maximum Gasteiger partial charge on any atom is 0.267 e. The number of ether oxygens (including phenoxy) is 1. The molecule has 6 heteroatoms. The maximum absolute atomic E-state index is 11.4. The number of anilines is 1. The summed E-state index contributed by atoms with van der Waals surface area (Å²) >= 11 is 3.25. The topological polar surface area (TPSA) is 67.0 Å². The predicted octanol–water partition coefficient (Wildman–Crippen LogP) is 2.15. The Morgan fingerprint density at radius 1 is 1.67 bits per heavy atom. The average Bonchev–Trinajstić information content (AvgIpc) is 2.33. The minimum Gasteiger partial charge on any atom is -0.378 e. The molecular formula is C12H18BrN3O2. The van der Waals surface area contributed by atoms with Gasteiger partial charge in [-0.3, -0.25) is 4.79 Å². The van der Waals surface area contributed by atoms with Crippen molar-refractivity contribution in [2.75, 3.05) is 11.9 Å². The Labute approximate surface area is 114 Å². The standard InChI is InChI=1S/C12H18BrN3O2/c1-4-18-8-5-7(12(8,2)3)16-10-9(13)11(17)15-6-14-10/h6-8H,4-5H2,1-3H3,(H2,14,15,16,17). The van der Waals surface area contributed by atoms with Crippen molar-refractivity contribution in [2.45, 2.75) is 39.3 Å². The lowest BCUT2D eigenvalue weighted by molar-refractivity contribution is -0.0976. The van der Waals surface area contributed by atoms with Gasteiger partial charge in [-0.05, 0) is 29.3 Å². The van der Waals surface area contributed by atoms with Gasteiger partial charge in [-0.25, -0.2) is 4.98 Å². The Hall–Kier alpha value is -0.880. The largest absolute Gasteiger partial charge is 0.378 e. The Bertz CT molecular complexity index is 486. The van der Waals surface area contributed by atoms with Gasteiger partial charge in [0.2, 0.25) is 0 Å². The van der Waals surface area contributed by atoms with Crippen molar-refractivity contribution in [3.63, 3.8) is 0 Å². The zero-order valence-electron chi connectivity index (χ0n) is 10.8. The number of hydrogen-bond acceptors (Lipinski definition) is 4. The molecule has 1 aliphatic carbocycles.